The van der Waals surface area contributed by atoms with Crippen molar-refractivity contribution in [3.05, 3.63) is 42.0 Å². The van der Waals surface area contributed by atoms with Crippen molar-refractivity contribution in [3.8, 4) is 5.75 Å². The summed E-state index contributed by atoms with van der Waals surface area (Å²) in [5.74, 6) is -8.06. The lowest BCUT2D eigenvalue weighted by Gasteiger charge is -2.29. The number of unbranched alkanes of at least 4 members (excludes halogenated alkanes) is 8. The van der Waals surface area contributed by atoms with Crippen molar-refractivity contribution in [2.75, 3.05) is 0 Å². The monoisotopic (exact) mass is 607 g/mol. The number of carbonyl (C=O) groups excluding carboxylic acids is 1. The molecule has 0 fully saturated rings. The van der Waals surface area contributed by atoms with Crippen molar-refractivity contribution in [2.24, 2.45) is 5.92 Å². The topological polar surface area (TPSA) is 202 Å². The van der Waals surface area contributed by atoms with Gasteiger partial charge in [0.15, 0.2) is 5.60 Å². The molecule has 1 rings (SSSR count). The van der Waals surface area contributed by atoms with Crippen LogP contribution in [0.25, 0.3) is 0 Å². The molecule has 1 aromatic carbocycles. The fourth-order valence-electron chi connectivity index (χ4n) is 4.93. The first kappa shape index (κ1) is 37.6. The smallest absolute Gasteiger partial charge is 0.337 e. The Labute approximate surface area is 253 Å². The third-order valence-electron chi connectivity index (χ3n) is 7.56. The van der Waals surface area contributed by atoms with Crippen LogP contribution in [0.5, 0.6) is 5.75 Å². The van der Waals surface area contributed by atoms with Crippen molar-refractivity contribution < 1.29 is 49.8 Å². The summed E-state index contributed by atoms with van der Waals surface area (Å²) in [6.45, 7) is 4.02. The van der Waals surface area contributed by atoms with E-state index in [1.807, 2.05) is 6.92 Å². The van der Waals surface area contributed by atoms with Crippen LogP contribution in [-0.4, -0.2) is 71.7 Å². The van der Waals surface area contributed by atoms with Gasteiger partial charge in [-0.1, -0.05) is 82.6 Å². The number of rotatable bonds is 23. The zero-order valence-electron chi connectivity index (χ0n) is 25.3. The first-order valence-electron chi connectivity index (χ1n) is 15.1. The second-order valence-electron chi connectivity index (χ2n) is 11.6. The van der Waals surface area contributed by atoms with E-state index in [9.17, 15) is 49.8 Å². The van der Waals surface area contributed by atoms with Gasteiger partial charge in [0.25, 0.3) is 0 Å². The molecule has 11 heteroatoms. The van der Waals surface area contributed by atoms with E-state index >= 15 is 0 Å². The quantitative estimate of drug-likeness (QED) is 0.0689. The van der Waals surface area contributed by atoms with E-state index in [0.29, 0.717) is 24.8 Å². The summed E-state index contributed by atoms with van der Waals surface area (Å²) in [6, 6.07) is 4.10. The van der Waals surface area contributed by atoms with Gasteiger partial charge in [0.1, 0.15) is 11.8 Å². The van der Waals surface area contributed by atoms with Gasteiger partial charge in [-0.2, -0.15) is 0 Å². The maximum atomic E-state index is 13.2. The van der Waals surface area contributed by atoms with Crippen molar-refractivity contribution in [3.63, 3.8) is 0 Å². The van der Waals surface area contributed by atoms with Gasteiger partial charge in [-0.25, -0.2) is 9.59 Å². The third kappa shape index (κ3) is 14.5. The summed E-state index contributed by atoms with van der Waals surface area (Å²) < 4.78 is 0. The Bertz CT molecular complexity index is 1050. The van der Waals surface area contributed by atoms with Gasteiger partial charge in [-0.3, -0.25) is 9.59 Å². The zero-order valence-corrected chi connectivity index (χ0v) is 25.3. The number of aliphatic carboxylic acids is 3. The largest absolute Gasteiger partial charge is 0.508 e. The minimum atomic E-state index is -3.02. The van der Waals surface area contributed by atoms with Crippen LogP contribution in [0.3, 0.4) is 0 Å². The molecule has 43 heavy (non-hydrogen) atoms. The Kier molecular flexibility index (Phi) is 16.6. The molecule has 0 aliphatic rings. The van der Waals surface area contributed by atoms with Crippen LogP contribution < -0.4 is 5.32 Å². The standard InChI is InChI=1S/C32H49NO10/c1-3-4-5-9-12-19-31(2,42)20-13-10-7-6-8-11-14-25(32(43,30(40)41)22-27(35)36)28(37)33-26(29(38)39)21-23-15-17-24(34)18-16-23/h11,14-18,25-26,34,42-43H,3-10,12-13,19-22H2,1-2H3,(H,33,37)(H,35,36)(H,38,39)(H,40,41)/b14-11+/t25-,26+,31?,32+/m1/s1. The van der Waals surface area contributed by atoms with E-state index in [4.69, 9.17) is 0 Å². The second-order valence-corrected chi connectivity index (χ2v) is 11.6. The summed E-state index contributed by atoms with van der Waals surface area (Å²) in [6.07, 6.45) is 11.9. The lowest BCUT2D eigenvalue weighted by molar-refractivity contribution is -0.172. The number of carbonyl (C=O) groups is 4. The second kappa shape index (κ2) is 19.0. The fourth-order valence-corrected chi connectivity index (χ4v) is 4.93. The maximum absolute atomic E-state index is 13.2. The molecule has 0 heterocycles. The summed E-state index contributed by atoms with van der Waals surface area (Å²) in [5, 5.41) is 61.6. The maximum Gasteiger partial charge on any atom is 0.337 e. The Morgan fingerprint density at radius 2 is 1.42 bits per heavy atom. The van der Waals surface area contributed by atoms with E-state index in [1.165, 1.54) is 49.6 Å². The highest BCUT2D eigenvalue weighted by atomic mass is 16.4. The molecule has 0 aromatic heterocycles. The van der Waals surface area contributed by atoms with E-state index in [0.717, 1.165) is 44.6 Å². The molecule has 1 aromatic rings. The minimum absolute atomic E-state index is 0.0370. The van der Waals surface area contributed by atoms with Crippen molar-refractivity contribution in [1.29, 1.82) is 0 Å². The number of hydrogen-bond donors (Lipinski definition) is 7. The molecule has 7 N–H and O–H groups in total. The van der Waals surface area contributed by atoms with E-state index in [-0.39, 0.29) is 12.2 Å². The normalized spacial score (nSPS) is 15.7. The van der Waals surface area contributed by atoms with Crippen molar-refractivity contribution >= 4 is 23.8 Å². The number of carboxylic acids is 3. The predicted octanol–water partition coefficient (Wildman–Crippen LogP) is 4.42. The minimum Gasteiger partial charge on any atom is -0.508 e. The average Bonchev–Trinajstić information content (AvgIpc) is 2.92. The molecule has 0 aliphatic heterocycles. The summed E-state index contributed by atoms with van der Waals surface area (Å²) in [7, 11) is 0. The number of nitrogens with one attached hydrogen (secondary N) is 1. The molecule has 1 amide bonds. The Hall–Kier alpha value is -3.44. The molecular weight excluding hydrogens is 558 g/mol. The summed E-state index contributed by atoms with van der Waals surface area (Å²) in [5.41, 5.74) is -3.25. The first-order valence-corrected chi connectivity index (χ1v) is 15.1. The molecule has 0 saturated heterocycles. The first-order chi connectivity index (χ1) is 20.2. The van der Waals surface area contributed by atoms with Gasteiger partial charge in [0.05, 0.1) is 17.9 Å². The molecule has 0 aliphatic carbocycles. The molecule has 0 radical (unpaired) electrons. The number of aromatic hydroxyl groups is 1. The van der Waals surface area contributed by atoms with Crippen LogP contribution in [0, 0.1) is 5.92 Å². The van der Waals surface area contributed by atoms with Crippen LogP contribution in [0.1, 0.15) is 103 Å². The molecule has 11 nitrogen and oxygen atoms in total. The van der Waals surface area contributed by atoms with Gasteiger partial charge in [0, 0.05) is 6.42 Å². The van der Waals surface area contributed by atoms with Gasteiger partial charge in [-0.15, -0.1) is 0 Å². The van der Waals surface area contributed by atoms with E-state index in [1.54, 1.807) is 0 Å². The number of phenols is 1. The lowest BCUT2D eigenvalue weighted by atomic mass is 9.82. The van der Waals surface area contributed by atoms with Crippen molar-refractivity contribution in [1.82, 2.24) is 5.32 Å². The number of amides is 1. The highest BCUT2D eigenvalue weighted by molar-refractivity contribution is 5.94. The van der Waals surface area contributed by atoms with E-state index < -0.39 is 53.4 Å². The van der Waals surface area contributed by atoms with Crippen LogP contribution in [0.2, 0.25) is 0 Å². The highest BCUT2D eigenvalue weighted by Crippen LogP contribution is 2.26. The lowest BCUT2D eigenvalue weighted by Crippen LogP contribution is -2.55. The SMILES string of the molecule is CCCCCCCC(C)(O)CCCCCC/C=C/[C@H](C(=O)N[C@@H](Cc1ccc(O)cc1)C(=O)O)[C@@](O)(CC(=O)O)C(=O)O. The van der Waals surface area contributed by atoms with Gasteiger partial charge in [-0.05, 0) is 50.3 Å². The molecule has 1 unspecified atom stereocenters. The Balaban J connectivity index is 2.80. The van der Waals surface area contributed by atoms with Gasteiger partial charge in [0.2, 0.25) is 5.91 Å². The number of carboxylic acid groups (broad SMARTS) is 3. The van der Waals surface area contributed by atoms with Crippen molar-refractivity contribution in [2.45, 2.75) is 121 Å². The van der Waals surface area contributed by atoms with Gasteiger partial charge >= 0.3 is 17.9 Å². The molecule has 0 saturated carbocycles. The Morgan fingerprint density at radius 3 is 1.93 bits per heavy atom. The number of allylic oxidation sites excluding steroid dienone is 1. The summed E-state index contributed by atoms with van der Waals surface area (Å²) >= 11 is 0. The molecule has 242 valence electrons. The van der Waals surface area contributed by atoms with Crippen LogP contribution >= 0.6 is 0 Å². The zero-order chi connectivity index (χ0) is 32.5. The predicted molar refractivity (Wildman–Crippen MR) is 161 cm³/mol. The van der Waals surface area contributed by atoms with Crippen LogP contribution in [0.15, 0.2) is 36.4 Å². The van der Waals surface area contributed by atoms with Crippen LogP contribution in [-0.2, 0) is 25.6 Å². The highest BCUT2D eigenvalue weighted by Gasteiger charge is 2.49. The van der Waals surface area contributed by atoms with Gasteiger partial charge < -0.3 is 36.0 Å². The fraction of sp³-hybridized carbons (Fsp3) is 0.625. The number of hydrogen-bond acceptors (Lipinski definition) is 7. The number of phenolic OH excluding ortho intramolecular Hbond substituents is 1. The average molecular weight is 608 g/mol. The number of benzene rings is 1. The van der Waals surface area contributed by atoms with Crippen LogP contribution in [0.4, 0.5) is 0 Å². The molecule has 0 spiro atoms. The third-order valence-corrected chi connectivity index (χ3v) is 7.56. The molecule has 4 atom stereocenters. The summed E-state index contributed by atoms with van der Waals surface area (Å²) in [4.78, 5) is 48.4. The van der Waals surface area contributed by atoms with E-state index in [2.05, 4.69) is 12.2 Å². The number of aliphatic hydroxyl groups is 2. The Morgan fingerprint density at radius 1 is 0.860 bits per heavy atom. The molecular formula is C32H49NO10. The molecule has 0 bridgehead atoms.